The number of nitrogens with one attached hydrogen (secondary N) is 1. The van der Waals surface area contributed by atoms with E-state index in [1.807, 2.05) is 55.5 Å². The third kappa shape index (κ3) is 1.76. The molecule has 0 amide bonds. The predicted octanol–water partition coefficient (Wildman–Crippen LogP) is 4.80. The Morgan fingerprint density at radius 2 is 1.71 bits per heavy atom. The Morgan fingerprint density at radius 1 is 0.905 bits per heavy atom. The fourth-order valence-electron chi connectivity index (χ4n) is 2.90. The lowest BCUT2D eigenvalue weighted by molar-refractivity contribution is 1.44. The highest BCUT2D eigenvalue weighted by molar-refractivity contribution is 6.36. The van der Waals surface area contributed by atoms with Crippen molar-refractivity contribution in [3.8, 4) is 0 Å². The average molecular weight is 294 g/mol. The van der Waals surface area contributed by atoms with Crippen LogP contribution in [0.3, 0.4) is 0 Å². The fraction of sp³-hybridized carbons (Fsp3) is 0.0556. The normalized spacial score (nSPS) is 11.5. The third-order valence-corrected chi connectivity index (χ3v) is 4.25. The number of fused-ring (bicyclic) bond motifs is 4. The van der Waals surface area contributed by atoms with Gasteiger partial charge in [0.2, 0.25) is 0 Å². The molecule has 0 unspecified atom stereocenters. The van der Waals surface area contributed by atoms with E-state index in [4.69, 9.17) is 11.6 Å². The highest BCUT2D eigenvalue weighted by Gasteiger charge is 2.10. The second kappa shape index (κ2) is 4.34. The van der Waals surface area contributed by atoms with E-state index in [9.17, 15) is 4.79 Å². The van der Waals surface area contributed by atoms with E-state index in [1.165, 1.54) is 0 Å². The molecule has 0 radical (unpaired) electrons. The van der Waals surface area contributed by atoms with Crippen LogP contribution < -0.4 is 5.43 Å². The minimum Gasteiger partial charge on any atom is -0.354 e. The first kappa shape index (κ1) is 12.4. The first-order valence-corrected chi connectivity index (χ1v) is 7.16. The minimum atomic E-state index is 0.0512. The van der Waals surface area contributed by atoms with Gasteiger partial charge in [-0.25, -0.2) is 0 Å². The molecule has 4 aromatic rings. The smallest absolute Gasteiger partial charge is 0.197 e. The van der Waals surface area contributed by atoms with Crippen LogP contribution in [0.25, 0.3) is 32.6 Å². The Bertz CT molecular complexity index is 1080. The number of aromatic amines is 1. The molecule has 0 spiro atoms. The molecule has 1 heterocycles. The van der Waals surface area contributed by atoms with Gasteiger partial charge in [0.05, 0.1) is 10.9 Å². The molecule has 21 heavy (non-hydrogen) atoms. The van der Waals surface area contributed by atoms with Crippen LogP contribution in [-0.4, -0.2) is 4.98 Å². The molecule has 0 aliphatic heterocycles. The van der Waals surface area contributed by atoms with Gasteiger partial charge in [0, 0.05) is 21.3 Å². The van der Waals surface area contributed by atoms with E-state index in [0.717, 1.165) is 32.8 Å². The largest absolute Gasteiger partial charge is 0.354 e. The topological polar surface area (TPSA) is 32.9 Å². The van der Waals surface area contributed by atoms with Crippen LogP contribution in [0, 0.1) is 6.92 Å². The van der Waals surface area contributed by atoms with Crippen LogP contribution in [-0.2, 0) is 0 Å². The quantitative estimate of drug-likeness (QED) is 0.367. The summed E-state index contributed by atoms with van der Waals surface area (Å²) < 4.78 is 0. The van der Waals surface area contributed by atoms with Crippen LogP contribution in [0.1, 0.15) is 5.56 Å². The summed E-state index contributed by atoms with van der Waals surface area (Å²) >= 11 is 6.24. The van der Waals surface area contributed by atoms with Crippen molar-refractivity contribution in [2.45, 2.75) is 6.92 Å². The van der Waals surface area contributed by atoms with Crippen LogP contribution >= 0.6 is 11.6 Å². The first-order chi connectivity index (χ1) is 10.1. The molecule has 4 rings (SSSR count). The minimum absolute atomic E-state index is 0.0512. The zero-order valence-electron chi connectivity index (χ0n) is 11.4. The number of rotatable bonds is 0. The van der Waals surface area contributed by atoms with Crippen molar-refractivity contribution in [2.75, 3.05) is 0 Å². The lowest BCUT2D eigenvalue weighted by Crippen LogP contribution is -2.05. The summed E-state index contributed by atoms with van der Waals surface area (Å²) in [7, 11) is 0. The first-order valence-electron chi connectivity index (χ1n) is 6.79. The van der Waals surface area contributed by atoms with E-state index in [-0.39, 0.29) is 5.43 Å². The lowest BCUT2D eigenvalue weighted by atomic mass is 10.0. The summed E-state index contributed by atoms with van der Waals surface area (Å²) in [5.74, 6) is 0. The molecule has 1 aromatic heterocycles. The third-order valence-electron chi connectivity index (χ3n) is 3.92. The molecule has 0 aliphatic carbocycles. The van der Waals surface area contributed by atoms with E-state index in [1.54, 1.807) is 0 Å². The molecule has 0 atom stereocenters. The van der Waals surface area contributed by atoms with Crippen molar-refractivity contribution in [1.29, 1.82) is 0 Å². The standard InChI is InChI=1S/C18H12ClNO/c1-10-5-7-15-13(9-10)18(21)17-12-3-2-4-14(19)11(12)6-8-16(17)20-15/h2-9H,1H3,(H,20,21). The fourth-order valence-corrected chi connectivity index (χ4v) is 3.14. The molecule has 3 aromatic carbocycles. The van der Waals surface area contributed by atoms with Gasteiger partial charge >= 0.3 is 0 Å². The summed E-state index contributed by atoms with van der Waals surface area (Å²) in [6.07, 6.45) is 0. The van der Waals surface area contributed by atoms with E-state index in [2.05, 4.69) is 4.98 Å². The Kier molecular flexibility index (Phi) is 2.57. The van der Waals surface area contributed by atoms with Crippen molar-refractivity contribution in [3.63, 3.8) is 0 Å². The summed E-state index contributed by atoms with van der Waals surface area (Å²) in [4.78, 5) is 16.2. The highest BCUT2D eigenvalue weighted by atomic mass is 35.5. The number of aromatic nitrogens is 1. The van der Waals surface area contributed by atoms with Crippen LogP contribution in [0.15, 0.2) is 53.3 Å². The number of halogens is 1. The van der Waals surface area contributed by atoms with Crippen molar-refractivity contribution >= 4 is 44.2 Å². The van der Waals surface area contributed by atoms with E-state index in [0.29, 0.717) is 10.4 Å². The van der Waals surface area contributed by atoms with E-state index < -0.39 is 0 Å². The van der Waals surface area contributed by atoms with E-state index >= 15 is 0 Å². The average Bonchev–Trinajstić information content (AvgIpc) is 2.48. The van der Waals surface area contributed by atoms with Crippen molar-refractivity contribution < 1.29 is 0 Å². The van der Waals surface area contributed by atoms with Gasteiger partial charge in [-0.1, -0.05) is 41.4 Å². The predicted molar refractivity (Wildman–Crippen MR) is 89.3 cm³/mol. The Balaban J connectivity index is 2.33. The summed E-state index contributed by atoms with van der Waals surface area (Å²) in [5, 5.41) is 3.88. The summed E-state index contributed by atoms with van der Waals surface area (Å²) in [6.45, 7) is 1.99. The number of aryl methyl sites for hydroxylation is 1. The van der Waals surface area contributed by atoms with Gasteiger partial charge in [0.1, 0.15) is 0 Å². The van der Waals surface area contributed by atoms with Crippen molar-refractivity contribution in [3.05, 3.63) is 69.3 Å². The summed E-state index contributed by atoms with van der Waals surface area (Å²) in [6, 6.07) is 15.4. The molecule has 0 fully saturated rings. The van der Waals surface area contributed by atoms with Crippen molar-refractivity contribution in [1.82, 2.24) is 4.98 Å². The van der Waals surface area contributed by atoms with Gasteiger partial charge in [-0.3, -0.25) is 4.79 Å². The molecule has 1 N–H and O–H groups in total. The second-order valence-electron chi connectivity index (χ2n) is 5.33. The SMILES string of the molecule is Cc1ccc2[nH]c3ccc4c(Cl)cccc4c3c(=O)c2c1. The molecular formula is C18H12ClNO. The Morgan fingerprint density at radius 3 is 2.57 bits per heavy atom. The molecule has 0 aliphatic rings. The van der Waals surface area contributed by atoms with Crippen LogP contribution in [0.2, 0.25) is 5.02 Å². The molecule has 0 saturated carbocycles. The maximum atomic E-state index is 12.9. The number of H-pyrrole nitrogens is 1. The van der Waals surface area contributed by atoms with Gasteiger partial charge in [0.15, 0.2) is 5.43 Å². The Labute approximate surface area is 126 Å². The number of pyridine rings is 1. The molecule has 102 valence electrons. The van der Waals surface area contributed by atoms with Gasteiger partial charge in [-0.15, -0.1) is 0 Å². The van der Waals surface area contributed by atoms with Gasteiger partial charge in [-0.05, 0) is 36.6 Å². The maximum absolute atomic E-state index is 12.9. The number of hydrogen-bond acceptors (Lipinski definition) is 1. The molecule has 3 heteroatoms. The zero-order valence-corrected chi connectivity index (χ0v) is 12.2. The maximum Gasteiger partial charge on any atom is 0.197 e. The van der Waals surface area contributed by atoms with Gasteiger partial charge in [-0.2, -0.15) is 0 Å². The Hall–Kier alpha value is -2.32. The lowest BCUT2D eigenvalue weighted by Gasteiger charge is -2.07. The number of hydrogen-bond donors (Lipinski definition) is 1. The molecule has 0 bridgehead atoms. The number of benzene rings is 3. The van der Waals surface area contributed by atoms with Crippen molar-refractivity contribution in [2.24, 2.45) is 0 Å². The zero-order chi connectivity index (χ0) is 14.6. The monoisotopic (exact) mass is 293 g/mol. The van der Waals surface area contributed by atoms with Gasteiger partial charge < -0.3 is 4.98 Å². The van der Waals surface area contributed by atoms with Crippen LogP contribution in [0.4, 0.5) is 0 Å². The molecule has 2 nitrogen and oxygen atoms in total. The molecule has 0 saturated heterocycles. The highest BCUT2D eigenvalue weighted by Crippen LogP contribution is 2.28. The molecular weight excluding hydrogens is 282 g/mol. The summed E-state index contributed by atoms with van der Waals surface area (Å²) in [5.41, 5.74) is 2.83. The van der Waals surface area contributed by atoms with Gasteiger partial charge in [0.25, 0.3) is 0 Å². The second-order valence-corrected chi connectivity index (χ2v) is 5.73. The van der Waals surface area contributed by atoms with Crippen LogP contribution in [0.5, 0.6) is 0 Å².